The van der Waals surface area contributed by atoms with E-state index in [1.54, 1.807) is 11.3 Å². The molecule has 0 aliphatic rings. The molecule has 0 saturated heterocycles. The first kappa shape index (κ1) is 17.7. The Kier molecular flexibility index (Phi) is 4.95. The van der Waals surface area contributed by atoms with E-state index >= 15 is 0 Å². The summed E-state index contributed by atoms with van der Waals surface area (Å²) in [5.74, 6) is 1.24. The molecule has 0 aliphatic heterocycles. The van der Waals surface area contributed by atoms with Crippen molar-refractivity contribution >= 4 is 27.2 Å². The third-order valence-electron chi connectivity index (χ3n) is 4.94. The number of nitrogens with one attached hydrogen (secondary N) is 2. The maximum Gasteiger partial charge on any atom is 0.259 e. The summed E-state index contributed by atoms with van der Waals surface area (Å²) in [6.45, 7) is 10.5. The molecule has 0 bridgehead atoms. The third kappa shape index (κ3) is 3.47. The van der Waals surface area contributed by atoms with Gasteiger partial charge in [-0.1, -0.05) is 26.0 Å². The average Bonchev–Trinajstić information content (AvgIpc) is 2.89. The van der Waals surface area contributed by atoms with E-state index in [1.165, 1.54) is 5.56 Å². The molecule has 132 valence electrons. The molecule has 0 radical (unpaired) electrons. The van der Waals surface area contributed by atoms with Gasteiger partial charge in [-0.2, -0.15) is 0 Å². The van der Waals surface area contributed by atoms with Crippen molar-refractivity contribution in [2.45, 2.75) is 53.0 Å². The molecule has 3 rings (SSSR count). The van der Waals surface area contributed by atoms with Crippen molar-refractivity contribution < 1.29 is 0 Å². The molecule has 2 heterocycles. The van der Waals surface area contributed by atoms with E-state index in [9.17, 15) is 4.79 Å². The molecule has 2 aromatic heterocycles. The van der Waals surface area contributed by atoms with Gasteiger partial charge in [0.15, 0.2) is 0 Å². The molecule has 0 saturated carbocycles. The van der Waals surface area contributed by atoms with Gasteiger partial charge in [0.25, 0.3) is 5.56 Å². The van der Waals surface area contributed by atoms with Gasteiger partial charge >= 0.3 is 0 Å². The predicted octanol–water partition coefficient (Wildman–Crippen LogP) is 5.29. The van der Waals surface area contributed by atoms with Gasteiger partial charge < -0.3 is 10.3 Å². The van der Waals surface area contributed by atoms with Gasteiger partial charge in [0.05, 0.1) is 11.4 Å². The van der Waals surface area contributed by atoms with Crippen LogP contribution < -0.4 is 10.9 Å². The molecular formula is C20H25N3OS. The number of hydrogen-bond donors (Lipinski definition) is 2. The Bertz CT molecular complexity index is 940. The average molecular weight is 356 g/mol. The van der Waals surface area contributed by atoms with Gasteiger partial charge in [0, 0.05) is 10.6 Å². The van der Waals surface area contributed by atoms with Crippen LogP contribution in [0.2, 0.25) is 0 Å². The molecule has 4 nitrogen and oxygen atoms in total. The molecule has 0 amide bonds. The van der Waals surface area contributed by atoms with Crippen molar-refractivity contribution in [1.29, 1.82) is 0 Å². The molecule has 0 spiro atoms. The maximum atomic E-state index is 12.4. The van der Waals surface area contributed by atoms with Crippen LogP contribution in [-0.4, -0.2) is 9.97 Å². The highest BCUT2D eigenvalue weighted by atomic mass is 32.1. The van der Waals surface area contributed by atoms with E-state index in [2.05, 4.69) is 53.4 Å². The lowest BCUT2D eigenvalue weighted by atomic mass is 9.98. The van der Waals surface area contributed by atoms with Gasteiger partial charge in [-0.25, -0.2) is 4.98 Å². The summed E-state index contributed by atoms with van der Waals surface area (Å²) in [5, 5.41) is 4.15. The van der Waals surface area contributed by atoms with Crippen molar-refractivity contribution in [3.63, 3.8) is 0 Å². The van der Waals surface area contributed by atoms with Crippen LogP contribution in [-0.2, 0) is 0 Å². The van der Waals surface area contributed by atoms with Gasteiger partial charge in [0.2, 0.25) is 0 Å². The molecule has 0 fully saturated rings. The Morgan fingerprint density at radius 1 is 1.20 bits per heavy atom. The molecule has 5 heteroatoms. The molecule has 2 N–H and O–H groups in total. The smallest absolute Gasteiger partial charge is 0.259 e. The SMILES string of the molecule is CC[C@@H](C)c1ccc(N[C@H](C)c2nc3sc(C)c(C)c3c(=O)[nH]2)cc1. The summed E-state index contributed by atoms with van der Waals surface area (Å²) in [6.07, 6.45) is 1.13. The van der Waals surface area contributed by atoms with Crippen LogP contribution in [0.5, 0.6) is 0 Å². The fourth-order valence-corrected chi connectivity index (χ4v) is 3.98. The van der Waals surface area contributed by atoms with Crippen LogP contribution >= 0.6 is 11.3 Å². The van der Waals surface area contributed by atoms with Gasteiger partial charge in [-0.3, -0.25) is 4.79 Å². The Morgan fingerprint density at radius 3 is 2.52 bits per heavy atom. The van der Waals surface area contributed by atoms with Crippen LogP contribution in [0.25, 0.3) is 10.2 Å². The lowest BCUT2D eigenvalue weighted by Crippen LogP contribution is -2.17. The first-order chi connectivity index (χ1) is 11.9. The largest absolute Gasteiger partial charge is 0.375 e. The number of anilines is 1. The second-order valence-electron chi connectivity index (χ2n) is 6.71. The van der Waals surface area contributed by atoms with E-state index in [4.69, 9.17) is 0 Å². The second kappa shape index (κ2) is 7.00. The van der Waals surface area contributed by atoms with Crippen molar-refractivity contribution in [2.24, 2.45) is 0 Å². The Morgan fingerprint density at radius 2 is 1.88 bits per heavy atom. The minimum atomic E-state index is -0.0748. The number of aryl methyl sites for hydroxylation is 2. The monoisotopic (exact) mass is 355 g/mol. The maximum absolute atomic E-state index is 12.4. The second-order valence-corrected chi connectivity index (χ2v) is 7.92. The molecule has 0 unspecified atom stereocenters. The molecule has 2 atom stereocenters. The molecule has 25 heavy (non-hydrogen) atoms. The number of fused-ring (bicyclic) bond motifs is 1. The number of nitrogens with zero attached hydrogens (tertiary/aromatic N) is 1. The predicted molar refractivity (Wildman–Crippen MR) is 107 cm³/mol. The van der Waals surface area contributed by atoms with Crippen LogP contribution in [0.3, 0.4) is 0 Å². The zero-order chi connectivity index (χ0) is 18.1. The fraction of sp³-hybridized carbons (Fsp3) is 0.400. The van der Waals surface area contributed by atoms with Crippen molar-refractivity contribution in [1.82, 2.24) is 9.97 Å². The Hall–Kier alpha value is -2.14. The summed E-state index contributed by atoms with van der Waals surface area (Å²) >= 11 is 1.58. The van der Waals surface area contributed by atoms with Crippen molar-refractivity contribution in [2.75, 3.05) is 5.32 Å². The van der Waals surface area contributed by atoms with Crippen molar-refractivity contribution in [3.05, 3.63) is 56.4 Å². The molecular weight excluding hydrogens is 330 g/mol. The number of thiophene rings is 1. The molecule has 3 aromatic rings. The van der Waals surface area contributed by atoms with Crippen LogP contribution in [0.4, 0.5) is 5.69 Å². The standard InChI is InChI=1S/C20H25N3OS/c1-6-11(2)15-7-9-16(10-8-15)21-13(4)18-22-19(24)17-12(3)14(5)25-20(17)23-18/h7-11,13,21H,6H2,1-5H3,(H,22,23,24)/t11-,13-/m1/s1. The minimum absolute atomic E-state index is 0.0531. The van der Waals surface area contributed by atoms with Gasteiger partial charge in [0.1, 0.15) is 10.7 Å². The molecule has 1 aromatic carbocycles. The quantitative estimate of drug-likeness (QED) is 0.654. The Labute approximate surface area is 152 Å². The Balaban J connectivity index is 1.85. The van der Waals surface area contributed by atoms with Gasteiger partial charge in [-0.15, -0.1) is 11.3 Å². The number of aromatic amines is 1. The summed E-state index contributed by atoms with van der Waals surface area (Å²) in [4.78, 5) is 22.0. The van der Waals surface area contributed by atoms with Crippen LogP contribution in [0.15, 0.2) is 29.1 Å². The lowest BCUT2D eigenvalue weighted by Gasteiger charge is -2.16. The van der Waals surface area contributed by atoms with E-state index in [0.29, 0.717) is 11.7 Å². The minimum Gasteiger partial charge on any atom is -0.375 e. The van der Waals surface area contributed by atoms with E-state index in [1.807, 2.05) is 20.8 Å². The third-order valence-corrected chi connectivity index (χ3v) is 6.04. The van der Waals surface area contributed by atoms with Crippen LogP contribution in [0, 0.1) is 13.8 Å². The van der Waals surface area contributed by atoms with E-state index in [-0.39, 0.29) is 11.6 Å². The number of aromatic nitrogens is 2. The summed E-state index contributed by atoms with van der Waals surface area (Å²) in [7, 11) is 0. The van der Waals surface area contributed by atoms with Crippen LogP contribution in [0.1, 0.15) is 61.0 Å². The number of hydrogen-bond acceptors (Lipinski definition) is 4. The molecule has 0 aliphatic carbocycles. The summed E-state index contributed by atoms with van der Waals surface area (Å²) < 4.78 is 0. The zero-order valence-corrected chi connectivity index (χ0v) is 16.3. The first-order valence-corrected chi connectivity index (χ1v) is 9.58. The lowest BCUT2D eigenvalue weighted by molar-refractivity contribution is 0.733. The highest BCUT2D eigenvalue weighted by Gasteiger charge is 2.15. The normalized spacial score (nSPS) is 13.8. The number of rotatable bonds is 5. The number of benzene rings is 1. The van der Waals surface area contributed by atoms with E-state index < -0.39 is 0 Å². The highest BCUT2D eigenvalue weighted by Crippen LogP contribution is 2.27. The van der Waals surface area contributed by atoms with Crippen molar-refractivity contribution in [3.8, 4) is 0 Å². The first-order valence-electron chi connectivity index (χ1n) is 8.77. The number of H-pyrrole nitrogens is 1. The fourth-order valence-electron chi connectivity index (χ4n) is 2.94. The van der Waals surface area contributed by atoms with Gasteiger partial charge in [-0.05, 0) is 56.4 Å². The van der Waals surface area contributed by atoms with E-state index in [0.717, 1.165) is 32.8 Å². The highest BCUT2D eigenvalue weighted by molar-refractivity contribution is 7.18. The zero-order valence-electron chi connectivity index (χ0n) is 15.4. The summed E-state index contributed by atoms with van der Waals surface area (Å²) in [6, 6.07) is 8.43. The topological polar surface area (TPSA) is 57.8 Å². The summed E-state index contributed by atoms with van der Waals surface area (Å²) in [5.41, 5.74) is 3.35.